The highest BCUT2D eigenvalue weighted by Gasteiger charge is 2.29. The Morgan fingerprint density at radius 2 is 2.16 bits per heavy atom. The first kappa shape index (κ1) is 24.3. The van der Waals surface area contributed by atoms with Gasteiger partial charge in [-0.15, -0.1) is 24.0 Å². The highest BCUT2D eigenvalue weighted by molar-refractivity contribution is 14.0. The van der Waals surface area contributed by atoms with Gasteiger partial charge < -0.3 is 24.8 Å². The predicted molar refractivity (Wildman–Crippen MR) is 135 cm³/mol. The minimum absolute atomic E-state index is 0. The van der Waals surface area contributed by atoms with Crippen LogP contribution >= 0.6 is 24.0 Å². The molecule has 9 heteroatoms. The summed E-state index contributed by atoms with van der Waals surface area (Å²) in [6.07, 6.45) is 9.04. The molecular formula is C23H33IN6O2. The number of piperidine rings is 1. The van der Waals surface area contributed by atoms with Gasteiger partial charge in [-0.3, -0.25) is 9.79 Å². The third kappa shape index (κ3) is 6.60. The third-order valence-electron chi connectivity index (χ3n) is 6.00. The van der Waals surface area contributed by atoms with Crippen molar-refractivity contribution < 1.29 is 9.53 Å². The Kier molecular flexibility index (Phi) is 8.77. The molecule has 8 nitrogen and oxygen atoms in total. The number of halogens is 1. The molecule has 174 valence electrons. The molecule has 0 radical (unpaired) electrons. The summed E-state index contributed by atoms with van der Waals surface area (Å²) in [5, 5.41) is 6.42. The molecule has 2 unspecified atom stereocenters. The van der Waals surface area contributed by atoms with Crippen molar-refractivity contribution in [3.8, 4) is 5.75 Å². The number of likely N-dealkylation sites (tertiary alicyclic amines) is 1. The normalized spacial score (nSPS) is 20.9. The molecule has 4 rings (SSSR count). The lowest BCUT2D eigenvalue weighted by molar-refractivity contribution is -0.123. The van der Waals surface area contributed by atoms with E-state index in [1.54, 1.807) is 0 Å². The third-order valence-corrected chi connectivity index (χ3v) is 6.00. The predicted octanol–water partition coefficient (Wildman–Crippen LogP) is 2.82. The number of carbonyl (C=O) groups is 1. The van der Waals surface area contributed by atoms with Crippen LogP contribution in [-0.4, -0.2) is 59.1 Å². The van der Waals surface area contributed by atoms with Crippen molar-refractivity contribution >= 4 is 35.8 Å². The van der Waals surface area contributed by atoms with Crippen LogP contribution in [0.3, 0.4) is 0 Å². The molecule has 1 amide bonds. The van der Waals surface area contributed by atoms with Crippen LogP contribution in [0.2, 0.25) is 0 Å². The highest BCUT2D eigenvalue weighted by Crippen LogP contribution is 2.27. The molecule has 2 aliphatic rings. The number of nitrogens with one attached hydrogen (secondary N) is 2. The molecule has 2 atom stereocenters. The topological polar surface area (TPSA) is 83.8 Å². The molecular weight excluding hydrogens is 519 g/mol. The Balaban J connectivity index is 0.00000289. The Labute approximate surface area is 206 Å². The fourth-order valence-corrected chi connectivity index (χ4v) is 4.00. The van der Waals surface area contributed by atoms with Gasteiger partial charge in [0.1, 0.15) is 5.75 Å². The SMILES string of the molecule is CN=C(NCc1cccc(OCC(=O)NC2CC2)c1)N1CCC(C)C(n2ccnc2)C1.I. The molecule has 2 aromatic rings. The number of amides is 1. The lowest BCUT2D eigenvalue weighted by Gasteiger charge is -2.39. The maximum absolute atomic E-state index is 11.8. The molecule has 1 aliphatic carbocycles. The van der Waals surface area contributed by atoms with E-state index in [1.165, 1.54) is 0 Å². The van der Waals surface area contributed by atoms with E-state index in [9.17, 15) is 4.79 Å². The lowest BCUT2D eigenvalue weighted by Crippen LogP contribution is -2.48. The van der Waals surface area contributed by atoms with Crippen LogP contribution in [0.5, 0.6) is 5.75 Å². The summed E-state index contributed by atoms with van der Waals surface area (Å²) in [6.45, 7) is 4.87. The van der Waals surface area contributed by atoms with Gasteiger partial charge in [0.25, 0.3) is 5.91 Å². The lowest BCUT2D eigenvalue weighted by atomic mass is 9.93. The van der Waals surface area contributed by atoms with Gasteiger partial charge in [-0.05, 0) is 42.9 Å². The summed E-state index contributed by atoms with van der Waals surface area (Å²) >= 11 is 0. The standard InChI is InChI=1S/C23H32N6O2.HI/c1-17-8-10-28(14-21(17)29-11-9-25-16-29)23(24-2)26-13-18-4-3-5-20(12-18)31-15-22(30)27-19-6-7-19;/h3-5,9,11-12,16-17,19,21H,6-8,10,13-15H2,1-2H3,(H,24,26)(H,27,30);1H. The molecule has 1 aromatic heterocycles. The number of aromatic nitrogens is 2. The van der Waals surface area contributed by atoms with Crippen molar-refractivity contribution in [2.45, 2.75) is 44.8 Å². The number of guanidine groups is 1. The van der Waals surface area contributed by atoms with E-state index in [0.29, 0.717) is 30.3 Å². The Morgan fingerprint density at radius 3 is 2.88 bits per heavy atom. The van der Waals surface area contributed by atoms with Crippen molar-refractivity contribution in [3.05, 3.63) is 48.5 Å². The molecule has 1 aliphatic heterocycles. The average molecular weight is 552 g/mol. The summed E-state index contributed by atoms with van der Waals surface area (Å²) in [5.74, 6) is 2.13. The summed E-state index contributed by atoms with van der Waals surface area (Å²) in [7, 11) is 1.82. The number of rotatable bonds is 7. The largest absolute Gasteiger partial charge is 0.484 e. The summed E-state index contributed by atoms with van der Waals surface area (Å²) in [4.78, 5) is 22.9. The van der Waals surface area contributed by atoms with Crippen LogP contribution in [0, 0.1) is 5.92 Å². The van der Waals surface area contributed by atoms with Gasteiger partial charge in [0.2, 0.25) is 0 Å². The second kappa shape index (κ2) is 11.5. The Hall–Kier alpha value is -2.30. The van der Waals surface area contributed by atoms with Crippen LogP contribution in [0.4, 0.5) is 0 Å². The smallest absolute Gasteiger partial charge is 0.258 e. The fraction of sp³-hybridized carbons (Fsp3) is 0.522. The number of nitrogens with zero attached hydrogens (tertiary/aromatic N) is 4. The van der Waals surface area contributed by atoms with Gasteiger partial charge in [-0.1, -0.05) is 19.1 Å². The van der Waals surface area contributed by atoms with E-state index in [-0.39, 0.29) is 36.5 Å². The summed E-state index contributed by atoms with van der Waals surface area (Å²) < 4.78 is 7.86. The van der Waals surface area contributed by atoms with Gasteiger partial charge in [0.05, 0.1) is 12.4 Å². The first-order valence-corrected chi connectivity index (χ1v) is 11.1. The van der Waals surface area contributed by atoms with Crippen LogP contribution in [-0.2, 0) is 11.3 Å². The van der Waals surface area contributed by atoms with E-state index < -0.39 is 0 Å². The quantitative estimate of drug-likeness (QED) is 0.314. The fourth-order valence-electron chi connectivity index (χ4n) is 4.00. The zero-order chi connectivity index (χ0) is 21.6. The van der Waals surface area contributed by atoms with Gasteiger partial charge >= 0.3 is 0 Å². The van der Waals surface area contributed by atoms with Crippen LogP contribution in [0.15, 0.2) is 48.0 Å². The van der Waals surface area contributed by atoms with Gasteiger partial charge in [-0.2, -0.15) is 0 Å². The van der Waals surface area contributed by atoms with Gasteiger partial charge in [0.15, 0.2) is 12.6 Å². The van der Waals surface area contributed by atoms with E-state index in [2.05, 4.69) is 37.0 Å². The number of benzene rings is 1. The average Bonchev–Trinajstić information content (AvgIpc) is 3.42. The molecule has 2 fully saturated rings. The molecule has 32 heavy (non-hydrogen) atoms. The number of imidazole rings is 1. The zero-order valence-corrected chi connectivity index (χ0v) is 21.1. The maximum Gasteiger partial charge on any atom is 0.258 e. The Morgan fingerprint density at radius 1 is 1.31 bits per heavy atom. The van der Waals surface area contributed by atoms with Crippen LogP contribution < -0.4 is 15.4 Å². The monoisotopic (exact) mass is 552 g/mol. The maximum atomic E-state index is 11.8. The zero-order valence-electron chi connectivity index (χ0n) is 18.7. The minimum atomic E-state index is -0.0572. The molecule has 0 spiro atoms. The van der Waals surface area contributed by atoms with Crippen molar-refractivity contribution in [3.63, 3.8) is 0 Å². The second-order valence-corrected chi connectivity index (χ2v) is 8.47. The van der Waals surface area contributed by atoms with Crippen LogP contribution in [0.1, 0.15) is 37.8 Å². The first-order valence-electron chi connectivity index (χ1n) is 11.1. The summed E-state index contributed by atoms with van der Waals surface area (Å²) in [6, 6.07) is 8.58. The van der Waals surface area contributed by atoms with Crippen molar-refractivity contribution in [2.75, 3.05) is 26.7 Å². The number of hydrogen-bond acceptors (Lipinski definition) is 4. The van der Waals surface area contributed by atoms with Crippen molar-refractivity contribution in [1.29, 1.82) is 0 Å². The molecule has 2 N–H and O–H groups in total. The minimum Gasteiger partial charge on any atom is -0.484 e. The van der Waals surface area contributed by atoms with Crippen molar-refractivity contribution in [2.24, 2.45) is 10.9 Å². The number of ether oxygens (including phenoxy) is 1. The summed E-state index contributed by atoms with van der Waals surface area (Å²) in [5.41, 5.74) is 1.08. The molecule has 2 heterocycles. The second-order valence-electron chi connectivity index (χ2n) is 8.47. The molecule has 1 saturated heterocycles. The number of carbonyl (C=O) groups excluding carboxylic acids is 1. The number of hydrogen-bond donors (Lipinski definition) is 2. The van der Waals surface area contributed by atoms with E-state index in [1.807, 2.05) is 50.0 Å². The van der Waals surface area contributed by atoms with Gasteiger partial charge in [-0.25, -0.2) is 4.98 Å². The van der Waals surface area contributed by atoms with E-state index in [4.69, 9.17) is 4.74 Å². The van der Waals surface area contributed by atoms with Crippen molar-refractivity contribution in [1.82, 2.24) is 25.1 Å². The number of aliphatic imine (C=N–C) groups is 1. The highest BCUT2D eigenvalue weighted by atomic mass is 127. The van der Waals surface area contributed by atoms with Gasteiger partial charge in [0, 0.05) is 45.1 Å². The first-order chi connectivity index (χ1) is 15.1. The van der Waals surface area contributed by atoms with Crippen LogP contribution in [0.25, 0.3) is 0 Å². The Bertz CT molecular complexity index is 900. The molecule has 1 saturated carbocycles. The molecule has 0 bridgehead atoms. The van der Waals surface area contributed by atoms with E-state index >= 15 is 0 Å². The molecule has 1 aromatic carbocycles. The van der Waals surface area contributed by atoms with E-state index in [0.717, 1.165) is 43.9 Å².